The summed E-state index contributed by atoms with van der Waals surface area (Å²) in [7, 11) is 0. The molecule has 1 aromatic carbocycles. The first kappa shape index (κ1) is 17.5. The number of halogens is 1. The lowest BCUT2D eigenvalue weighted by Crippen LogP contribution is -2.37. The lowest BCUT2D eigenvalue weighted by atomic mass is 10.1. The molecule has 0 radical (unpaired) electrons. The van der Waals surface area contributed by atoms with Gasteiger partial charge in [-0.05, 0) is 43.9 Å². The van der Waals surface area contributed by atoms with E-state index in [1.807, 2.05) is 41.6 Å². The minimum Gasteiger partial charge on any atom is -0.337 e. The Kier molecular flexibility index (Phi) is 4.49. The molecule has 1 fully saturated rings. The van der Waals surface area contributed by atoms with Gasteiger partial charge in [-0.15, -0.1) is 0 Å². The number of carbonyl (C=O) groups excluding carboxylic acids is 1. The molecule has 1 saturated carbocycles. The summed E-state index contributed by atoms with van der Waals surface area (Å²) in [6.45, 7) is 5.54. The zero-order valence-corrected chi connectivity index (χ0v) is 16.5. The van der Waals surface area contributed by atoms with Crippen LogP contribution in [0.15, 0.2) is 30.9 Å². The number of carbonyl (C=O) groups is 1. The highest BCUT2D eigenvalue weighted by Crippen LogP contribution is 2.47. The smallest absolute Gasteiger partial charge is 0.234 e. The van der Waals surface area contributed by atoms with Crippen LogP contribution in [-0.4, -0.2) is 27.0 Å². The Morgan fingerprint density at radius 1 is 1.42 bits per heavy atom. The van der Waals surface area contributed by atoms with E-state index < -0.39 is 0 Å². The standard InChI is InChI=1S/C19H21ClN4OS/c1-13-10-14(20)11-15-16(13)22-18(26-15)24(17(25)19(2)4-5-19)8-3-7-23-9-6-21-12-23/h6,9-12H,3-5,7-8H2,1-2H3. The molecule has 0 atom stereocenters. The minimum absolute atomic E-state index is 0.186. The fraction of sp³-hybridized carbons (Fsp3) is 0.421. The Morgan fingerprint density at radius 3 is 2.92 bits per heavy atom. The molecule has 136 valence electrons. The largest absolute Gasteiger partial charge is 0.337 e. The molecule has 1 aliphatic carbocycles. The Morgan fingerprint density at radius 2 is 2.23 bits per heavy atom. The molecule has 1 amide bonds. The number of rotatable bonds is 6. The van der Waals surface area contributed by atoms with Crippen LogP contribution >= 0.6 is 22.9 Å². The molecule has 0 bridgehead atoms. The maximum atomic E-state index is 13.1. The van der Waals surface area contributed by atoms with Gasteiger partial charge in [0.25, 0.3) is 0 Å². The van der Waals surface area contributed by atoms with Gasteiger partial charge in [-0.2, -0.15) is 0 Å². The van der Waals surface area contributed by atoms with Crippen molar-refractivity contribution in [3.63, 3.8) is 0 Å². The van der Waals surface area contributed by atoms with Crippen LogP contribution in [0.2, 0.25) is 5.02 Å². The van der Waals surface area contributed by atoms with Crippen molar-refractivity contribution in [1.29, 1.82) is 0 Å². The van der Waals surface area contributed by atoms with Crippen LogP contribution < -0.4 is 4.90 Å². The Bertz CT molecular complexity index is 946. The van der Waals surface area contributed by atoms with Crippen LogP contribution in [0.5, 0.6) is 0 Å². The van der Waals surface area contributed by atoms with E-state index in [1.54, 1.807) is 23.9 Å². The molecular formula is C19H21ClN4OS. The van der Waals surface area contributed by atoms with Gasteiger partial charge in [0.05, 0.1) is 16.5 Å². The number of thiazole rings is 1. The summed E-state index contributed by atoms with van der Waals surface area (Å²) in [5, 5.41) is 1.48. The number of aromatic nitrogens is 3. The normalized spacial score (nSPS) is 15.3. The minimum atomic E-state index is -0.223. The molecule has 26 heavy (non-hydrogen) atoms. The third-order valence-corrected chi connectivity index (χ3v) is 6.23. The number of fused-ring (bicyclic) bond motifs is 1. The van der Waals surface area contributed by atoms with Crippen molar-refractivity contribution in [2.24, 2.45) is 5.41 Å². The first-order valence-corrected chi connectivity index (χ1v) is 10.0. The lowest BCUT2D eigenvalue weighted by molar-refractivity contribution is -0.123. The van der Waals surface area contributed by atoms with E-state index in [4.69, 9.17) is 16.6 Å². The van der Waals surface area contributed by atoms with E-state index in [9.17, 15) is 4.79 Å². The Hall–Kier alpha value is -1.92. The van der Waals surface area contributed by atoms with Gasteiger partial charge in [0.2, 0.25) is 5.91 Å². The third kappa shape index (κ3) is 3.35. The fourth-order valence-electron chi connectivity index (χ4n) is 3.10. The maximum absolute atomic E-state index is 13.1. The lowest BCUT2D eigenvalue weighted by Gasteiger charge is -2.23. The van der Waals surface area contributed by atoms with Crippen LogP contribution in [0.4, 0.5) is 5.13 Å². The predicted molar refractivity (Wildman–Crippen MR) is 106 cm³/mol. The number of aryl methyl sites for hydroxylation is 2. The van der Waals surface area contributed by atoms with E-state index >= 15 is 0 Å². The topological polar surface area (TPSA) is 51.0 Å². The molecule has 2 heterocycles. The van der Waals surface area contributed by atoms with Gasteiger partial charge in [-0.1, -0.05) is 29.9 Å². The number of nitrogens with zero attached hydrogens (tertiary/aromatic N) is 4. The summed E-state index contributed by atoms with van der Waals surface area (Å²) in [6, 6.07) is 3.85. The summed E-state index contributed by atoms with van der Waals surface area (Å²) in [4.78, 5) is 23.8. The second-order valence-corrected chi connectivity index (χ2v) is 8.68. The van der Waals surface area contributed by atoms with E-state index in [2.05, 4.69) is 4.98 Å². The Balaban J connectivity index is 1.61. The first-order valence-electron chi connectivity index (χ1n) is 8.81. The van der Waals surface area contributed by atoms with Crippen molar-refractivity contribution in [3.05, 3.63) is 41.4 Å². The van der Waals surface area contributed by atoms with Crippen LogP contribution in [0.25, 0.3) is 10.2 Å². The van der Waals surface area contributed by atoms with Crippen molar-refractivity contribution in [3.8, 4) is 0 Å². The summed E-state index contributed by atoms with van der Waals surface area (Å²) in [6.07, 6.45) is 8.29. The summed E-state index contributed by atoms with van der Waals surface area (Å²) in [5.74, 6) is 0.186. The molecule has 1 aliphatic rings. The van der Waals surface area contributed by atoms with Crippen molar-refractivity contribution in [2.75, 3.05) is 11.4 Å². The number of hydrogen-bond acceptors (Lipinski definition) is 4. The number of imidazole rings is 1. The maximum Gasteiger partial charge on any atom is 0.234 e. The summed E-state index contributed by atoms with van der Waals surface area (Å²) >= 11 is 7.73. The van der Waals surface area contributed by atoms with Gasteiger partial charge in [0.15, 0.2) is 5.13 Å². The monoisotopic (exact) mass is 388 g/mol. The van der Waals surface area contributed by atoms with Gasteiger partial charge < -0.3 is 4.57 Å². The van der Waals surface area contributed by atoms with Gasteiger partial charge >= 0.3 is 0 Å². The van der Waals surface area contributed by atoms with Crippen LogP contribution in [-0.2, 0) is 11.3 Å². The number of hydrogen-bond donors (Lipinski definition) is 0. The average molecular weight is 389 g/mol. The molecule has 3 aromatic rings. The van der Waals surface area contributed by atoms with E-state index in [0.717, 1.165) is 46.7 Å². The van der Waals surface area contributed by atoms with Gasteiger partial charge in [-0.3, -0.25) is 9.69 Å². The van der Waals surface area contributed by atoms with Gasteiger partial charge in [0, 0.05) is 35.9 Å². The summed E-state index contributed by atoms with van der Waals surface area (Å²) < 4.78 is 3.06. The number of benzene rings is 1. The molecule has 0 spiro atoms. The zero-order valence-electron chi connectivity index (χ0n) is 14.9. The second-order valence-electron chi connectivity index (χ2n) is 7.24. The fourth-order valence-corrected chi connectivity index (χ4v) is 4.54. The van der Waals surface area contributed by atoms with Crippen LogP contribution in [0, 0.1) is 12.3 Å². The molecule has 0 saturated heterocycles. The van der Waals surface area contributed by atoms with E-state index in [1.165, 1.54) is 0 Å². The van der Waals surface area contributed by atoms with Crippen molar-refractivity contribution < 1.29 is 4.79 Å². The van der Waals surface area contributed by atoms with Crippen molar-refractivity contribution in [1.82, 2.24) is 14.5 Å². The summed E-state index contributed by atoms with van der Waals surface area (Å²) in [5.41, 5.74) is 1.75. The van der Waals surface area contributed by atoms with E-state index in [-0.39, 0.29) is 11.3 Å². The molecular weight excluding hydrogens is 368 g/mol. The SMILES string of the molecule is Cc1cc(Cl)cc2sc(N(CCCn3ccnc3)C(=O)C3(C)CC3)nc12. The molecule has 2 aromatic heterocycles. The molecule has 0 unspecified atom stereocenters. The van der Waals surface area contributed by atoms with Crippen LogP contribution in [0.3, 0.4) is 0 Å². The highest BCUT2D eigenvalue weighted by atomic mass is 35.5. The molecule has 5 nitrogen and oxygen atoms in total. The van der Waals surface area contributed by atoms with Crippen molar-refractivity contribution >= 4 is 44.2 Å². The first-order chi connectivity index (χ1) is 12.5. The number of anilines is 1. The quantitative estimate of drug-likeness (QED) is 0.616. The molecule has 0 aliphatic heterocycles. The molecule has 4 rings (SSSR count). The predicted octanol–water partition coefficient (Wildman–Crippen LogP) is 4.68. The Labute approximate surface area is 161 Å². The van der Waals surface area contributed by atoms with Crippen molar-refractivity contribution in [2.45, 2.75) is 39.7 Å². The molecule has 7 heteroatoms. The number of amides is 1. The third-order valence-electron chi connectivity index (χ3n) is 4.99. The van der Waals surface area contributed by atoms with Crippen LogP contribution in [0.1, 0.15) is 31.7 Å². The second kappa shape index (κ2) is 6.67. The zero-order chi connectivity index (χ0) is 18.3. The highest BCUT2D eigenvalue weighted by molar-refractivity contribution is 7.22. The highest BCUT2D eigenvalue weighted by Gasteiger charge is 2.47. The van der Waals surface area contributed by atoms with E-state index in [0.29, 0.717) is 11.6 Å². The molecule has 0 N–H and O–H groups in total. The van der Waals surface area contributed by atoms with Gasteiger partial charge in [0.1, 0.15) is 0 Å². The average Bonchev–Trinajstić information content (AvgIpc) is 3.01. The van der Waals surface area contributed by atoms with Gasteiger partial charge in [-0.25, -0.2) is 9.97 Å².